The standard InChI is InChI=1S/C15H19ClN2OS2/c1-10-9-11(16)3-4-12(10)13(19)18-7-5-15(21-2,6-8-18)14(17)20/h3-4,9H,5-8H2,1-2H3,(H2,17,20). The fourth-order valence-electron chi connectivity index (χ4n) is 2.66. The summed E-state index contributed by atoms with van der Waals surface area (Å²) < 4.78 is -0.166. The van der Waals surface area contributed by atoms with Crippen LogP contribution in [0.15, 0.2) is 18.2 Å². The zero-order chi connectivity index (χ0) is 15.6. The fourth-order valence-corrected chi connectivity index (χ4v) is 4.13. The second-order valence-electron chi connectivity index (χ2n) is 5.31. The van der Waals surface area contributed by atoms with E-state index in [2.05, 4.69) is 0 Å². The Balaban J connectivity index is 2.12. The van der Waals surface area contributed by atoms with Crippen LogP contribution >= 0.6 is 35.6 Å². The summed E-state index contributed by atoms with van der Waals surface area (Å²) in [5.74, 6) is 0.0572. The van der Waals surface area contributed by atoms with E-state index in [0.717, 1.165) is 18.4 Å². The zero-order valence-corrected chi connectivity index (χ0v) is 14.6. The zero-order valence-electron chi connectivity index (χ0n) is 12.2. The molecule has 1 aromatic carbocycles. The molecule has 1 amide bonds. The van der Waals surface area contributed by atoms with E-state index in [4.69, 9.17) is 29.6 Å². The quantitative estimate of drug-likeness (QED) is 0.856. The van der Waals surface area contributed by atoms with E-state index in [1.54, 1.807) is 23.9 Å². The number of aryl methyl sites for hydroxylation is 1. The van der Waals surface area contributed by atoms with Crippen LogP contribution in [-0.4, -0.2) is 39.9 Å². The van der Waals surface area contributed by atoms with Gasteiger partial charge in [0.05, 0.1) is 9.74 Å². The molecule has 0 aromatic heterocycles. The van der Waals surface area contributed by atoms with Crippen molar-refractivity contribution < 1.29 is 4.79 Å². The van der Waals surface area contributed by atoms with Gasteiger partial charge in [0.2, 0.25) is 0 Å². The van der Waals surface area contributed by atoms with Gasteiger partial charge in [0.15, 0.2) is 0 Å². The molecule has 2 rings (SSSR count). The van der Waals surface area contributed by atoms with Crippen molar-refractivity contribution in [1.82, 2.24) is 4.90 Å². The monoisotopic (exact) mass is 342 g/mol. The minimum atomic E-state index is -0.166. The van der Waals surface area contributed by atoms with E-state index in [1.165, 1.54) is 0 Å². The van der Waals surface area contributed by atoms with Crippen LogP contribution in [0.3, 0.4) is 0 Å². The Morgan fingerprint density at radius 2 is 2.05 bits per heavy atom. The van der Waals surface area contributed by atoms with Gasteiger partial charge in [-0.2, -0.15) is 11.8 Å². The second kappa shape index (κ2) is 6.55. The molecule has 0 radical (unpaired) electrons. The van der Waals surface area contributed by atoms with Gasteiger partial charge in [-0.05, 0) is 49.8 Å². The molecule has 6 heteroatoms. The smallest absolute Gasteiger partial charge is 0.254 e. The highest BCUT2D eigenvalue weighted by Crippen LogP contribution is 2.35. The lowest BCUT2D eigenvalue weighted by molar-refractivity contribution is 0.0718. The molecule has 1 aromatic rings. The summed E-state index contributed by atoms with van der Waals surface area (Å²) in [5, 5.41) is 0.651. The van der Waals surface area contributed by atoms with Gasteiger partial charge in [0, 0.05) is 23.7 Å². The number of amides is 1. The van der Waals surface area contributed by atoms with E-state index >= 15 is 0 Å². The van der Waals surface area contributed by atoms with Gasteiger partial charge in [-0.25, -0.2) is 0 Å². The van der Waals surface area contributed by atoms with Crippen molar-refractivity contribution >= 4 is 46.5 Å². The first kappa shape index (κ1) is 16.6. The number of nitrogens with two attached hydrogens (primary N) is 1. The summed E-state index contributed by atoms with van der Waals surface area (Å²) >= 11 is 12.8. The van der Waals surface area contributed by atoms with Gasteiger partial charge in [0.25, 0.3) is 5.91 Å². The fraction of sp³-hybridized carbons (Fsp3) is 0.467. The Morgan fingerprint density at radius 3 is 2.52 bits per heavy atom. The Labute approximate surface area is 140 Å². The average molecular weight is 343 g/mol. The van der Waals surface area contributed by atoms with Gasteiger partial charge < -0.3 is 10.6 Å². The molecule has 114 valence electrons. The first-order chi connectivity index (χ1) is 9.89. The van der Waals surface area contributed by atoms with E-state index < -0.39 is 0 Å². The molecule has 1 heterocycles. The number of likely N-dealkylation sites (tertiary alicyclic amines) is 1. The van der Waals surface area contributed by atoms with Crippen molar-refractivity contribution in [1.29, 1.82) is 0 Å². The number of hydrogen-bond acceptors (Lipinski definition) is 3. The van der Waals surface area contributed by atoms with Gasteiger partial charge in [-0.1, -0.05) is 23.8 Å². The lowest BCUT2D eigenvalue weighted by Crippen LogP contribution is -2.50. The summed E-state index contributed by atoms with van der Waals surface area (Å²) in [6.07, 6.45) is 3.64. The maximum Gasteiger partial charge on any atom is 0.254 e. The first-order valence-corrected chi connectivity index (χ1v) is 8.81. The maximum atomic E-state index is 12.6. The van der Waals surface area contributed by atoms with Crippen molar-refractivity contribution in [3.8, 4) is 0 Å². The van der Waals surface area contributed by atoms with Crippen LogP contribution in [0.25, 0.3) is 0 Å². The van der Waals surface area contributed by atoms with E-state index in [-0.39, 0.29) is 10.7 Å². The maximum absolute atomic E-state index is 12.6. The van der Waals surface area contributed by atoms with E-state index in [1.807, 2.05) is 24.1 Å². The van der Waals surface area contributed by atoms with Crippen LogP contribution in [0.1, 0.15) is 28.8 Å². The predicted molar refractivity (Wildman–Crippen MR) is 94.4 cm³/mol. The summed E-state index contributed by atoms with van der Waals surface area (Å²) in [6, 6.07) is 5.37. The van der Waals surface area contributed by atoms with Crippen LogP contribution < -0.4 is 5.73 Å². The lowest BCUT2D eigenvalue weighted by atomic mass is 9.94. The summed E-state index contributed by atoms with van der Waals surface area (Å²) in [4.78, 5) is 15.0. The van der Waals surface area contributed by atoms with Crippen molar-refractivity contribution in [3.05, 3.63) is 34.3 Å². The molecule has 1 aliphatic rings. The highest BCUT2D eigenvalue weighted by molar-refractivity contribution is 8.02. The molecule has 3 nitrogen and oxygen atoms in total. The second-order valence-corrected chi connectivity index (χ2v) is 7.38. The number of thioether (sulfide) groups is 1. The molecule has 21 heavy (non-hydrogen) atoms. The minimum Gasteiger partial charge on any atom is -0.392 e. The Hall–Kier alpha value is -0.780. The highest BCUT2D eigenvalue weighted by atomic mass is 35.5. The molecule has 0 saturated carbocycles. The SMILES string of the molecule is CSC1(C(N)=S)CCN(C(=O)c2ccc(Cl)cc2C)CC1. The molecule has 0 atom stereocenters. The van der Waals surface area contributed by atoms with E-state index in [9.17, 15) is 4.79 Å². The van der Waals surface area contributed by atoms with Gasteiger partial charge in [0.1, 0.15) is 0 Å². The molecular formula is C15H19ClN2OS2. The highest BCUT2D eigenvalue weighted by Gasteiger charge is 2.38. The summed E-state index contributed by atoms with van der Waals surface area (Å²) in [6.45, 7) is 3.27. The van der Waals surface area contributed by atoms with Crippen LogP contribution in [0.5, 0.6) is 0 Å². The topological polar surface area (TPSA) is 46.3 Å². The number of piperidine rings is 1. The third kappa shape index (κ3) is 3.35. The molecule has 1 fully saturated rings. The Morgan fingerprint density at radius 1 is 1.43 bits per heavy atom. The number of carbonyl (C=O) groups excluding carboxylic acids is 1. The number of benzene rings is 1. The number of halogens is 1. The number of carbonyl (C=O) groups is 1. The molecular weight excluding hydrogens is 324 g/mol. The van der Waals surface area contributed by atoms with Crippen LogP contribution in [0.4, 0.5) is 0 Å². The van der Waals surface area contributed by atoms with E-state index in [0.29, 0.717) is 28.7 Å². The van der Waals surface area contributed by atoms with Gasteiger partial charge in [-0.3, -0.25) is 4.79 Å². The molecule has 0 unspecified atom stereocenters. The molecule has 1 aliphatic heterocycles. The summed E-state index contributed by atoms with van der Waals surface area (Å²) in [7, 11) is 0. The van der Waals surface area contributed by atoms with Crippen LogP contribution in [0, 0.1) is 6.92 Å². The number of hydrogen-bond donors (Lipinski definition) is 1. The van der Waals surface area contributed by atoms with Crippen LogP contribution in [0.2, 0.25) is 5.02 Å². The summed E-state index contributed by atoms with van der Waals surface area (Å²) in [5.41, 5.74) is 7.50. The Kier molecular flexibility index (Phi) is 5.17. The van der Waals surface area contributed by atoms with Gasteiger partial charge >= 0.3 is 0 Å². The minimum absolute atomic E-state index is 0.0572. The number of thiocarbonyl (C=S) groups is 1. The van der Waals surface area contributed by atoms with Crippen molar-refractivity contribution in [2.45, 2.75) is 24.5 Å². The van der Waals surface area contributed by atoms with Gasteiger partial charge in [-0.15, -0.1) is 0 Å². The molecule has 0 aliphatic carbocycles. The third-order valence-electron chi connectivity index (χ3n) is 4.12. The molecule has 1 saturated heterocycles. The third-order valence-corrected chi connectivity index (χ3v) is 6.28. The molecule has 0 bridgehead atoms. The predicted octanol–water partition coefficient (Wildman–Crippen LogP) is 3.27. The number of nitrogens with zero attached hydrogens (tertiary/aromatic N) is 1. The largest absolute Gasteiger partial charge is 0.392 e. The van der Waals surface area contributed by atoms with Crippen molar-refractivity contribution in [2.24, 2.45) is 5.73 Å². The average Bonchev–Trinajstić information content (AvgIpc) is 2.46. The lowest BCUT2D eigenvalue weighted by Gasteiger charge is -2.40. The number of rotatable bonds is 3. The van der Waals surface area contributed by atoms with Crippen molar-refractivity contribution in [3.63, 3.8) is 0 Å². The first-order valence-electron chi connectivity index (χ1n) is 6.80. The molecule has 0 spiro atoms. The Bertz CT molecular complexity index is 569. The molecule has 2 N–H and O–H groups in total. The normalized spacial score (nSPS) is 17.6. The van der Waals surface area contributed by atoms with Crippen LogP contribution in [-0.2, 0) is 0 Å². The van der Waals surface area contributed by atoms with Crippen molar-refractivity contribution in [2.75, 3.05) is 19.3 Å².